The van der Waals surface area contributed by atoms with E-state index in [9.17, 15) is 9.90 Å². The third kappa shape index (κ3) is 5.63. The molecule has 0 spiro atoms. The molecule has 2 aromatic carbocycles. The number of hydrogen-bond acceptors (Lipinski definition) is 6. The average molecular weight is 498 g/mol. The summed E-state index contributed by atoms with van der Waals surface area (Å²) in [5, 5.41) is 23.6. The van der Waals surface area contributed by atoms with Crippen LogP contribution < -0.4 is 16.0 Å². The summed E-state index contributed by atoms with van der Waals surface area (Å²) < 4.78 is 1.53. The highest BCUT2D eigenvalue weighted by Crippen LogP contribution is 2.24. The molecule has 11 heteroatoms. The topological polar surface area (TPSA) is 117 Å². The minimum atomic E-state index is -0.615. The summed E-state index contributed by atoms with van der Waals surface area (Å²) in [7, 11) is 0. The van der Waals surface area contributed by atoms with Gasteiger partial charge in [0, 0.05) is 16.8 Å². The van der Waals surface area contributed by atoms with Crippen LogP contribution in [0, 0.1) is 6.92 Å². The number of aliphatic hydroxyl groups is 1. The first-order valence-electron chi connectivity index (χ1n) is 10.3. The molecule has 4 rings (SSSR count). The van der Waals surface area contributed by atoms with E-state index in [4.69, 9.17) is 23.2 Å². The van der Waals surface area contributed by atoms with Crippen molar-refractivity contribution in [3.63, 3.8) is 0 Å². The summed E-state index contributed by atoms with van der Waals surface area (Å²) in [6, 6.07) is 13.1. The number of anilines is 3. The molecule has 2 aromatic heterocycles. The molecule has 2 amide bonds. The highest BCUT2D eigenvalue weighted by molar-refractivity contribution is 6.33. The van der Waals surface area contributed by atoms with E-state index in [1.807, 2.05) is 25.1 Å². The Labute approximate surface area is 205 Å². The fraction of sp³-hybridized carbons (Fsp3) is 0.130. The number of halogens is 2. The maximum absolute atomic E-state index is 12.5. The van der Waals surface area contributed by atoms with Gasteiger partial charge in [-0.15, -0.1) is 0 Å². The number of benzene rings is 2. The summed E-state index contributed by atoms with van der Waals surface area (Å²) in [5.74, 6) is 0.883. The molecule has 0 aliphatic carbocycles. The Morgan fingerprint density at radius 3 is 2.74 bits per heavy atom. The van der Waals surface area contributed by atoms with Gasteiger partial charge in [-0.3, -0.25) is 0 Å². The third-order valence-electron chi connectivity index (χ3n) is 4.86. The molecule has 0 aliphatic heterocycles. The number of aliphatic hydroxyl groups excluding tert-OH is 1. The average Bonchev–Trinajstić information content (AvgIpc) is 3.28. The molecule has 0 fully saturated rings. The number of para-hydroxylation sites is 1. The lowest BCUT2D eigenvalue weighted by Gasteiger charge is -2.17. The third-order valence-corrected chi connectivity index (χ3v) is 5.43. The van der Waals surface area contributed by atoms with Crippen LogP contribution >= 0.6 is 23.2 Å². The molecule has 1 atom stereocenters. The van der Waals surface area contributed by atoms with Gasteiger partial charge in [0.1, 0.15) is 0 Å². The molecule has 4 aromatic rings. The predicted octanol–water partition coefficient (Wildman–Crippen LogP) is 4.88. The van der Waals surface area contributed by atoms with Crippen LogP contribution in [0.2, 0.25) is 10.0 Å². The molecular formula is C23H21Cl2N7O2. The number of rotatable bonds is 7. The Kier molecular flexibility index (Phi) is 7.27. The van der Waals surface area contributed by atoms with Crippen molar-refractivity contribution in [1.82, 2.24) is 25.1 Å². The van der Waals surface area contributed by atoms with Crippen LogP contribution in [0.4, 0.5) is 22.1 Å². The summed E-state index contributed by atoms with van der Waals surface area (Å²) in [6.45, 7) is 1.57. The number of urea groups is 1. The zero-order valence-corrected chi connectivity index (χ0v) is 19.5. The van der Waals surface area contributed by atoms with Crippen LogP contribution in [0.5, 0.6) is 0 Å². The van der Waals surface area contributed by atoms with E-state index < -0.39 is 12.1 Å². The first-order valence-corrected chi connectivity index (χ1v) is 11.0. The molecule has 0 radical (unpaired) electrons. The van der Waals surface area contributed by atoms with Crippen molar-refractivity contribution < 1.29 is 9.90 Å². The number of aryl methyl sites for hydroxylation is 1. The molecule has 0 bridgehead atoms. The number of nitrogens with zero attached hydrogens (tertiary/aromatic N) is 4. The second-order valence-electron chi connectivity index (χ2n) is 7.37. The van der Waals surface area contributed by atoms with E-state index in [-0.39, 0.29) is 6.61 Å². The SMILES string of the molecule is Cc1cnc(Nc2ccccc2Cl)nc1-n1cc(NC(=O)N[C@@H](CO)c2cccc(Cl)c2)cn1. The smallest absolute Gasteiger partial charge is 0.319 e. The molecule has 2 heterocycles. The Morgan fingerprint density at radius 1 is 1.15 bits per heavy atom. The largest absolute Gasteiger partial charge is 0.394 e. The molecule has 0 saturated heterocycles. The van der Waals surface area contributed by atoms with Crippen molar-refractivity contribution >= 4 is 46.6 Å². The van der Waals surface area contributed by atoms with E-state index >= 15 is 0 Å². The van der Waals surface area contributed by atoms with Crippen molar-refractivity contribution in [3.05, 3.63) is 88.3 Å². The summed E-state index contributed by atoms with van der Waals surface area (Å²) in [5.41, 5.74) is 2.59. The molecule has 0 saturated carbocycles. The minimum Gasteiger partial charge on any atom is -0.394 e. The van der Waals surface area contributed by atoms with Crippen LogP contribution in [-0.2, 0) is 0 Å². The maximum atomic E-state index is 12.5. The first-order chi connectivity index (χ1) is 16.4. The fourth-order valence-electron chi connectivity index (χ4n) is 3.19. The van der Waals surface area contributed by atoms with Crippen molar-refractivity contribution in [2.75, 3.05) is 17.2 Å². The van der Waals surface area contributed by atoms with Crippen molar-refractivity contribution in [2.45, 2.75) is 13.0 Å². The summed E-state index contributed by atoms with van der Waals surface area (Å²) >= 11 is 12.2. The molecule has 4 N–H and O–H groups in total. The van der Waals surface area contributed by atoms with Crippen molar-refractivity contribution in [1.29, 1.82) is 0 Å². The normalized spacial score (nSPS) is 11.6. The molecule has 9 nitrogen and oxygen atoms in total. The quantitative estimate of drug-likeness (QED) is 0.289. The molecule has 34 heavy (non-hydrogen) atoms. The monoisotopic (exact) mass is 497 g/mol. The van der Waals surface area contributed by atoms with E-state index in [1.165, 1.54) is 10.9 Å². The van der Waals surface area contributed by atoms with Gasteiger partial charge in [-0.2, -0.15) is 10.1 Å². The van der Waals surface area contributed by atoms with Gasteiger partial charge in [0.15, 0.2) is 5.82 Å². The highest BCUT2D eigenvalue weighted by Gasteiger charge is 2.15. The van der Waals surface area contributed by atoms with E-state index in [0.717, 1.165) is 5.56 Å². The van der Waals surface area contributed by atoms with Gasteiger partial charge in [-0.1, -0.05) is 47.5 Å². The van der Waals surface area contributed by atoms with E-state index in [0.29, 0.717) is 38.7 Å². The predicted molar refractivity (Wildman–Crippen MR) is 132 cm³/mol. The lowest BCUT2D eigenvalue weighted by Crippen LogP contribution is -2.34. The van der Waals surface area contributed by atoms with Crippen LogP contribution in [0.25, 0.3) is 5.82 Å². The molecule has 0 aliphatic rings. The van der Waals surface area contributed by atoms with Gasteiger partial charge in [0.25, 0.3) is 0 Å². The Morgan fingerprint density at radius 2 is 1.97 bits per heavy atom. The van der Waals surface area contributed by atoms with Gasteiger partial charge in [-0.05, 0) is 36.8 Å². The van der Waals surface area contributed by atoms with Crippen molar-refractivity contribution in [3.8, 4) is 5.82 Å². The lowest BCUT2D eigenvalue weighted by molar-refractivity contribution is 0.225. The second-order valence-corrected chi connectivity index (χ2v) is 8.21. The summed E-state index contributed by atoms with van der Waals surface area (Å²) in [4.78, 5) is 21.3. The molecular weight excluding hydrogens is 477 g/mol. The number of aromatic nitrogens is 4. The van der Waals surface area contributed by atoms with Crippen LogP contribution in [0.3, 0.4) is 0 Å². The van der Waals surface area contributed by atoms with Crippen LogP contribution in [0.1, 0.15) is 17.2 Å². The fourth-order valence-corrected chi connectivity index (χ4v) is 3.58. The van der Waals surface area contributed by atoms with Gasteiger partial charge in [0.2, 0.25) is 5.95 Å². The Hall–Kier alpha value is -3.66. The molecule has 0 unspecified atom stereocenters. The Balaban J connectivity index is 1.46. The zero-order chi connectivity index (χ0) is 24.1. The van der Waals surface area contributed by atoms with Crippen LogP contribution in [0.15, 0.2) is 67.1 Å². The van der Waals surface area contributed by atoms with Crippen LogP contribution in [-0.4, -0.2) is 37.5 Å². The van der Waals surface area contributed by atoms with E-state index in [1.54, 1.807) is 42.7 Å². The standard InChI is InChI=1S/C23H21Cl2N7O2/c1-14-10-26-22(29-19-8-3-2-7-18(19)25)31-21(14)32-12-17(11-27-32)28-23(34)30-20(13-33)15-5-4-6-16(24)9-15/h2-12,20,33H,13H2,1H3,(H,26,29,31)(H2,28,30,34)/t20-/m0/s1. The molecule has 174 valence electrons. The first kappa shape index (κ1) is 23.5. The number of carbonyl (C=O) groups excluding carboxylic acids is 1. The minimum absolute atomic E-state index is 0.283. The maximum Gasteiger partial charge on any atom is 0.319 e. The lowest BCUT2D eigenvalue weighted by atomic mass is 10.1. The van der Waals surface area contributed by atoms with E-state index in [2.05, 4.69) is 31.0 Å². The zero-order valence-electron chi connectivity index (χ0n) is 18.0. The number of carbonyl (C=O) groups is 1. The van der Waals surface area contributed by atoms with Gasteiger partial charge < -0.3 is 21.1 Å². The van der Waals surface area contributed by atoms with Gasteiger partial charge in [-0.25, -0.2) is 14.5 Å². The second kappa shape index (κ2) is 10.5. The number of hydrogen-bond donors (Lipinski definition) is 4. The highest BCUT2D eigenvalue weighted by atomic mass is 35.5. The number of nitrogens with one attached hydrogen (secondary N) is 3. The van der Waals surface area contributed by atoms with Crippen molar-refractivity contribution in [2.24, 2.45) is 0 Å². The summed E-state index contributed by atoms with van der Waals surface area (Å²) in [6.07, 6.45) is 4.79. The van der Waals surface area contributed by atoms with Gasteiger partial charge >= 0.3 is 6.03 Å². The number of amides is 2. The Bertz CT molecular complexity index is 1310. The van der Waals surface area contributed by atoms with Gasteiger partial charge in [0.05, 0.1) is 41.4 Å².